The number of rotatable bonds is 5. The lowest BCUT2D eigenvalue weighted by Gasteiger charge is -2.29. The monoisotopic (exact) mass is 290 g/mol. The minimum Gasteiger partial charge on any atom is -0.382 e. The Morgan fingerprint density at radius 2 is 2.15 bits per heavy atom. The Labute approximate surface area is 124 Å². The van der Waals surface area contributed by atoms with Crippen LogP contribution in [0.4, 0.5) is 10.8 Å². The van der Waals surface area contributed by atoms with Crippen molar-refractivity contribution in [2.24, 2.45) is 11.3 Å². The van der Waals surface area contributed by atoms with Crippen LogP contribution in [0.2, 0.25) is 0 Å². The summed E-state index contributed by atoms with van der Waals surface area (Å²) >= 11 is 1.41. The molecule has 2 heterocycles. The largest absolute Gasteiger partial charge is 0.382 e. The van der Waals surface area contributed by atoms with Gasteiger partial charge in [-0.3, -0.25) is 4.98 Å². The third-order valence-electron chi connectivity index (χ3n) is 3.94. The van der Waals surface area contributed by atoms with Crippen molar-refractivity contribution in [3.8, 4) is 11.1 Å². The first-order chi connectivity index (χ1) is 9.42. The van der Waals surface area contributed by atoms with Gasteiger partial charge in [-0.2, -0.15) is 4.37 Å². The average molecular weight is 290 g/mol. The van der Waals surface area contributed by atoms with Crippen LogP contribution >= 0.6 is 11.5 Å². The summed E-state index contributed by atoms with van der Waals surface area (Å²) in [6, 6.07) is 3.92. The van der Waals surface area contributed by atoms with Crippen molar-refractivity contribution in [1.82, 2.24) is 9.36 Å². The van der Waals surface area contributed by atoms with Gasteiger partial charge < -0.3 is 11.1 Å². The van der Waals surface area contributed by atoms with Crippen molar-refractivity contribution in [1.29, 1.82) is 0 Å². The molecule has 0 aliphatic heterocycles. The van der Waals surface area contributed by atoms with E-state index in [9.17, 15) is 0 Å². The number of aromatic nitrogens is 2. The zero-order valence-electron chi connectivity index (χ0n) is 12.5. The highest BCUT2D eigenvalue weighted by atomic mass is 32.1. The van der Waals surface area contributed by atoms with E-state index in [0.29, 0.717) is 11.7 Å². The average Bonchev–Trinajstić information content (AvgIpc) is 2.78. The van der Waals surface area contributed by atoms with Crippen LogP contribution in [0.5, 0.6) is 0 Å². The summed E-state index contributed by atoms with van der Waals surface area (Å²) in [6.45, 7) is 9.90. The van der Waals surface area contributed by atoms with Crippen molar-refractivity contribution < 1.29 is 0 Å². The van der Waals surface area contributed by atoms with E-state index in [4.69, 9.17) is 5.73 Å². The number of pyridine rings is 1. The minimum absolute atomic E-state index is 0.213. The topological polar surface area (TPSA) is 63.8 Å². The van der Waals surface area contributed by atoms with Gasteiger partial charge in [-0.25, -0.2) is 0 Å². The molecule has 0 aliphatic rings. The zero-order chi connectivity index (χ0) is 14.8. The number of hydrogen-bond donors (Lipinski definition) is 2. The molecule has 0 unspecified atom stereocenters. The van der Waals surface area contributed by atoms with Crippen LogP contribution in [0.25, 0.3) is 11.1 Å². The molecule has 0 aliphatic carbocycles. The van der Waals surface area contributed by atoms with Gasteiger partial charge in [0.1, 0.15) is 10.8 Å². The number of nitrogens with one attached hydrogen (secondary N) is 1. The maximum absolute atomic E-state index is 6.00. The molecule has 0 saturated carbocycles. The molecule has 3 N–H and O–H groups in total. The summed E-state index contributed by atoms with van der Waals surface area (Å²) in [5.41, 5.74) is 8.18. The van der Waals surface area contributed by atoms with Gasteiger partial charge in [0.05, 0.1) is 5.56 Å². The first-order valence-electron chi connectivity index (χ1n) is 6.81. The van der Waals surface area contributed by atoms with Gasteiger partial charge >= 0.3 is 0 Å². The SMILES string of the molecule is CC(C)C(C)(C)CNc1snc(N)c1-c1cccnc1. The lowest BCUT2D eigenvalue weighted by molar-refractivity contribution is 0.270. The molecule has 20 heavy (non-hydrogen) atoms. The van der Waals surface area contributed by atoms with Crippen LogP contribution in [0, 0.1) is 11.3 Å². The van der Waals surface area contributed by atoms with Gasteiger partial charge in [0.15, 0.2) is 0 Å². The van der Waals surface area contributed by atoms with Crippen molar-refractivity contribution >= 4 is 22.4 Å². The Bertz CT molecular complexity index is 561. The molecule has 0 spiro atoms. The fourth-order valence-corrected chi connectivity index (χ4v) is 2.46. The van der Waals surface area contributed by atoms with Gasteiger partial charge in [-0.1, -0.05) is 33.8 Å². The summed E-state index contributed by atoms with van der Waals surface area (Å²) in [4.78, 5) is 4.15. The number of hydrogen-bond acceptors (Lipinski definition) is 5. The van der Waals surface area contributed by atoms with Gasteiger partial charge in [0, 0.05) is 24.5 Å². The summed E-state index contributed by atoms with van der Waals surface area (Å²) in [5.74, 6) is 1.16. The molecular formula is C15H22N4S. The standard InChI is InChI=1S/C15H22N4S/c1-10(2)15(3,4)9-18-14-12(13(16)19-20-14)11-6-5-7-17-8-11/h5-8,10,18H,9H2,1-4H3,(H2,16,19). The highest BCUT2D eigenvalue weighted by molar-refractivity contribution is 7.11. The second kappa shape index (κ2) is 5.79. The second-order valence-corrected chi connectivity index (χ2v) is 6.78. The van der Waals surface area contributed by atoms with Crippen LogP contribution in [-0.4, -0.2) is 15.9 Å². The Kier molecular flexibility index (Phi) is 4.28. The normalized spacial score (nSPS) is 11.8. The molecule has 2 aromatic heterocycles. The van der Waals surface area contributed by atoms with Gasteiger partial charge in [-0.15, -0.1) is 0 Å². The van der Waals surface area contributed by atoms with E-state index in [0.717, 1.165) is 22.7 Å². The molecule has 0 amide bonds. The molecular weight excluding hydrogens is 268 g/mol. The quantitative estimate of drug-likeness (QED) is 0.877. The fourth-order valence-electron chi connectivity index (χ4n) is 1.72. The number of nitrogen functional groups attached to an aromatic ring is 1. The molecule has 108 valence electrons. The van der Waals surface area contributed by atoms with Crippen LogP contribution < -0.4 is 11.1 Å². The third-order valence-corrected chi connectivity index (χ3v) is 4.76. The lowest BCUT2D eigenvalue weighted by atomic mass is 9.81. The maximum Gasteiger partial charge on any atom is 0.147 e. The summed E-state index contributed by atoms with van der Waals surface area (Å²) in [7, 11) is 0. The van der Waals surface area contributed by atoms with Crippen LogP contribution in [0.1, 0.15) is 27.7 Å². The van der Waals surface area contributed by atoms with Gasteiger partial charge in [0.25, 0.3) is 0 Å². The van der Waals surface area contributed by atoms with E-state index in [-0.39, 0.29) is 5.41 Å². The fraction of sp³-hybridized carbons (Fsp3) is 0.467. The first kappa shape index (κ1) is 14.8. The summed E-state index contributed by atoms with van der Waals surface area (Å²) in [6.07, 6.45) is 3.58. The first-order valence-corrected chi connectivity index (χ1v) is 7.58. The summed E-state index contributed by atoms with van der Waals surface area (Å²) < 4.78 is 4.27. The molecule has 2 aromatic rings. The Balaban J connectivity index is 2.23. The highest BCUT2D eigenvalue weighted by Gasteiger charge is 2.23. The molecule has 0 radical (unpaired) electrons. The predicted molar refractivity (Wildman–Crippen MR) is 86.9 cm³/mol. The molecule has 0 aromatic carbocycles. The molecule has 4 nitrogen and oxygen atoms in total. The molecule has 0 atom stereocenters. The molecule has 0 saturated heterocycles. The van der Waals surface area contributed by atoms with Crippen molar-refractivity contribution in [2.45, 2.75) is 27.7 Å². The number of anilines is 2. The van der Waals surface area contributed by atoms with Gasteiger partial charge in [0.2, 0.25) is 0 Å². The van der Waals surface area contributed by atoms with Crippen LogP contribution in [0.3, 0.4) is 0 Å². The van der Waals surface area contributed by atoms with E-state index in [1.165, 1.54) is 11.5 Å². The van der Waals surface area contributed by atoms with E-state index >= 15 is 0 Å². The maximum atomic E-state index is 6.00. The highest BCUT2D eigenvalue weighted by Crippen LogP contribution is 2.37. The van der Waals surface area contributed by atoms with E-state index < -0.39 is 0 Å². The van der Waals surface area contributed by atoms with Crippen molar-refractivity contribution in [3.05, 3.63) is 24.5 Å². The zero-order valence-corrected chi connectivity index (χ0v) is 13.3. The van der Waals surface area contributed by atoms with E-state index in [1.807, 2.05) is 18.3 Å². The Morgan fingerprint density at radius 1 is 1.40 bits per heavy atom. The van der Waals surface area contributed by atoms with Crippen molar-refractivity contribution in [2.75, 3.05) is 17.6 Å². The molecule has 5 heteroatoms. The smallest absolute Gasteiger partial charge is 0.147 e. The van der Waals surface area contributed by atoms with Crippen LogP contribution in [-0.2, 0) is 0 Å². The lowest BCUT2D eigenvalue weighted by Crippen LogP contribution is -2.28. The van der Waals surface area contributed by atoms with Crippen LogP contribution in [0.15, 0.2) is 24.5 Å². The Morgan fingerprint density at radius 3 is 2.75 bits per heavy atom. The number of nitrogens with two attached hydrogens (primary N) is 1. The molecule has 0 bridgehead atoms. The summed E-state index contributed by atoms with van der Waals surface area (Å²) in [5, 5.41) is 4.52. The number of nitrogens with zero attached hydrogens (tertiary/aromatic N) is 2. The minimum atomic E-state index is 0.213. The van der Waals surface area contributed by atoms with E-state index in [2.05, 4.69) is 42.4 Å². The molecule has 2 rings (SSSR count). The predicted octanol–water partition coefficient (Wildman–Crippen LogP) is 3.88. The van der Waals surface area contributed by atoms with Crippen molar-refractivity contribution in [3.63, 3.8) is 0 Å². The second-order valence-electron chi connectivity index (χ2n) is 6.01. The Hall–Kier alpha value is -1.62. The molecule has 0 fully saturated rings. The van der Waals surface area contributed by atoms with E-state index in [1.54, 1.807) is 6.20 Å². The third kappa shape index (κ3) is 3.10. The van der Waals surface area contributed by atoms with Gasteiger partial charge in [-0.05, 0) is 28.9 Å².